The standard InChI is InChI=1S/C19H23NS/c1-13(18-8-9-21-12-18)20-19-16-6-7-17(19)11-15-5-3-2-4-14(15)10-16/h2-5,8-9,12-13,16-17,19-20H,6-7,10-11H2,1H3. The topological polar surface area (TPSA) is 12.0 Å². The summed E-state index contributed by atoms with van der Waals surface area (Å²) in [6, 6.07) is 12.5. The van der Waals surface area contributed by atoms with Crippen LogP contribution in [-0.2, 0) is 12.8 Å². The molecule has 1 heterocycles. The Bertz CT molecular complexity index is 571. The number of thiophene rings is 1. The van der Waals surface area contributed by atoms with Crippen LogP contribution in [0.25, 0.3) is 0 Å². The van der Waals surface area contributed by atoms with E-state index in [9.17, 15) is 0 Å². The minimum atomic E-state index is 0.477. The van der Waals surface area contributed by atoms with Gasteiger partial charge in [-0.3, -0.25) is 0 Å². The van der Waals surface area contributed by atoms with Crippen molar-refractivity contribution >= 4 is 11.3 Å². The Morgan fingerprint density at radius 2 is 1.71 bits per heavy atom. The van der Waals surface area contributed by atoms with Crippen molar-refractivity contribution in [2.24, 2.45) is 11.8 Å². The summed E-state index contributed by atoms with van der Waals surface area (Å²) >= 11 is 1.80. The maximum Gasteiger partial charge on any atom is 0.0302 e. The van der Waals surface area contributed by atoms with E-state index in [2.05, 4.69) is 53.3 Å². The van der Waals surface area contributed by atoms with Gasteiger partial charge >= 0.3 is 0 Å². The molecule has 1 aromatic heterocycles. The van der Waals surface area contributed by atoms with Gasteiger partial charge in [0.05, 0.1) is 0 Å². The summed E-state index contributed by atoms with van der Waals surface area (Å²) in [4.78, 5) is 0. The van der Waals surface area contributed by atoms with Crippen LogP contribution in [0.3, 0.4) is 0 Å². The number of fused-ring (bicyclic) bond motifs is 3. The second-order valence-corrected chi connectivity index (χ2v) is 7.53. The van der Waals surface area contributed by atoms with E-state index >= 15 is 0 Å². The number of hydrogen-bond donors (Lipinski definition) is 1. The smallest absolute Gasteiger partial charge is 0.0302 e. The molecular formula is C19H23NS. The van der Waals surface area contributed by atoms with Crippen LogP contribution in [0.2, 0.25) is 0 Å². The third-order valence-corrected chi connectivity index (χ3v) is 6.19. The fraction of sp³-hybridized carbons (Fsp3) is 0.474. The molecule has 0 radical (unpaired) electrons. The van der Waals surface area contributed by atoms with E-state index in [1.165, 1.54) is 31.2 Å². The van der Waals surface area contributed by atoms with Gasteiger partial charge in [-0.2, -0.15) is 11.3 Å². The predicted molar refractivity (Wildman–Crippen MR) is 89.7 cm³/mol. The van der Waals surface area contributed by atoms with Crippen molar-refractivity contribution < 1.29 is 0 Å². The Hall–Kier alpha value is -1.12. The Morgan fingerprint density at radius 3 is 2.29 bits per heavy atom. The van der Waals surface area contributed by atoms with Gasteiger partial charge in [0.2, 0.25) is 0 Å². The fourth-order valence-corrected chi connectivity index (χ4v) is 5.08. The van der Waals surface area contributed by atoms with Crippen molar-refractivity contribution in [3.8, 4) is 0 Å². The molecule has 2 aliphatic rings. The van der Waals surface area contributed by atoms with E-state index in [4.69, 9.17) is 0 Å². The maximum atomic E-state index is 3.96. The summed E-state index contributed by atoms with van der Waals surface area (Å²) in [6.45, 7) is 2.32. The van der Waals surface area contributed by atoms with Gasteiger partial charge in [0.15, 0.2) is 0 Å². The minimum absolute atomic E-state index is 0.477. The first-order valence-electron chi connectivity index (χ1n) is 8.16. The van der Waals surface area contributed by atoms with E-state index in [0.717, 1.165) is 11.8 Å². The summed E-state index contributed by atoms with van der Waals surface area (Å²) in [5, 5.41) is 8.43. The van der Waals surface area contributed by atoms with Crippen LogP contribution in [-0.4, -0.2) is 6.04 Å². The first kappa shape index (κ1) is 13.5. The third-order valence-electron chi connectivity index (χ3n) is 5.49. The van der Waals surface area contributed by atoms with Gasteiger partial charge in [-0.25, -0.2) is 0 Å². The number of rotatable bonds is 3. The van der Waals surface area contributed by atoms with Gasteiger partial charge in [-0.05, 0) is 78.0 Å². The van der Waals surface area contributed by atoms with Gasteiger partial charge in [0.25, 0.3) is 0 Å². The van der Waals surface area contributed by atoms with Crippen LogP contribution in [0.5, 0.6) is 0 Å². The molecule has 1 aromatic carbocycles. The normalized spacial score (nSPS) is 28.9. The average molecular weight is 297 g/mol. The molecule has 0 aliphatic heterocycles. The summed E-state index contributed by atoms with van der Waals surface area (Å²) in [6.07, 6.45) is 5.32. The fourth-order valence-electron chi connectivity index (χ4n) is 4.33. The molecule has 21 heavy (non-hydrogen) atoms. The Kier molecular flexibility index (Phi) is 3.60. The molecule has 4 rings (SSSR count). The molecule has 110 valence electrons. The molecule has 0 saturated heterocycles. The van der Waals surface area contributed by atoms with Crippen molar-refractivity contribution in [2.75, 3.05) is 0 Å². The molecule has 3 unspecified atom stereocenters. The minimum Gasteiger partial charge on any atom is -0.307 e. The highest BCUT2D eigenvalue weighted by molar-refractivity contribution is 7.07. The van der Waals surface area contributed by atoms with Crippen molar-refractivity contribution in [2.45, 2.75) is 44.7 Å². The highest BCUT2D eigenvalue weighted by Crippen LogP contribution is 2.41. The molecule has 2 bridgehead atoms. The van der Waals surface area contributed by atoms with Gasteiger partial charge in [0.1, 0.15) is 0 Å². The lowest BCUT2D eigenvalue weighted by Crippen LogP contribution is -2.39. The van der Waals surface area contributed by atoms with Crippen molar-refractivity contribution in [3.63, 3.8) is 0 Å². The second-order valence-electron chi connectivity index (χ2n) is 6.75. The number of hydrogen-bond acceptors (Lipinski definition) is 2. The zero-order valence-corrected chi connectivity index (χ0v) is 13.4. The van der Waals surface area contributed by atoms with Crippen LogP contribution < -0.4 is 5.32 Å². The molecule has 2 aromatic rings. The lowest BCUT2D eigenvalue weighted by atomic mass is 9.94. The lowest BCUT2D eigenvalue weighted by molar-refractivity contribution is 0.315. The van der Waals surface area contributed by atoms with E-state index in [-0.39, 0.29) is 0 Å². The molecule has 1 fully saturated rings. The monoisotopic (exact) mass is 297 g/mol. The second kappa shape index (κ2) is 5.58. The molecule has 0 amide bonds. The van der Waals surface area contributed by atoms with Crippen molar-refractivity contribution in [1.29, 1.82) is 0 Å². The van der Waals surface area contributed by atoms with Gasteiger partial charge in [-0.15, -0.1) is 0 Å². The van der Waals surface area contributed by atoms with E-state index in [1.54, 1.807) is 22.5 Å². The van der Waals surface area contributed by atoms with E-state index in [1.807, 2.05) is 0 Å². The van der Waals surface area contributed by atoms with Crippen LogP contribution in [0.4, 0.5) is 0 Å². The molecule has 1 nitrogen and oxygen atoms in total. The van der Waals surface area contributed by atoms with E-state index < -0.39 is 0 Å². The zero-order chi connectivity index (χ0) is 14.2. The van der Waals surface area contributed by atoms with Crippen molar-refractivity contribution in [1.82, 2.24) is 5.32 Å². The number of benzene rings is 1. The Balaban J connectivity index is 1.55. The lowest BCUT2D eigenvalue weighted by Gasteiger charge is -2.27. The van der Waals surface area contributed by atoms with Gasteiger partial charge in [-0.1, -0.05) is 24.3 Å². The van der Waals surface area contributed by atoms with Crippen LogP contribution in [0.15, 0.2) is 41.1 Å². The third kappa shape index (κ3) is 2.56. The van der Waals surface area contributed by atoms with Crippen LogP contribution >= 0.6 is 11.3 Å². The molecule has 2 aliphatic carbocycles. The highest BCUT2D eigenvalue weighted by atomic mass is 32.1. The molecule has 3 atom stereocenters. The summed E-state index contributed by atoms with van der Waals surface area (Å²) in [5.41, 5.74) is 4.64. The molecule has 1 N–H and O–H groups in total. The van der Waals surface area contributed by atoms with Gasteiger partial charge in [0, 0.05) is 12.1 Å². The molecule has 1 saturated carbocycles. The van der Waals surface area contributed by atoms with Crippen LogP contribution in [0.1, 0.15) is 42.5 Å². The molecule has 2 heteroatoms. The van der Waals surface area contributed by atoms with E-state index in [0.29, 0.717) is 12.1 Å². The van der Waals surface area contributed by atoms with Crippen molar-refractivity contribution in [3.05, 3.63) is 57.8 Å². The SMILES string of the molecule is CC(NC1C2CCC1Cc1ccccc1C2)c1ccsc1. The molecular weight excluding hydrogens is 274 g/mol. The maximum absolute atomic E-state index is 3.96. The molecule has 0 spiro atoms. The van der Waals surface area contributed by atoms with Crippen LogP contribution in [0, 0.1) is 11.8 Å². The Labute approximate surface area is 131 Å². The Morgan fingerprint density at radius 1 is 1.05 bits per heavy atom. The summed E-state index contributed by atoms with van der Waals surface area (Å²) < 4.78 is 0. The predicted octanol–water partition coefficient (Wildman–Crippen LogP) is 4.59. The summed E-state index contributed by atoms with van der Waals surface area (Å²) in [7, 11) is 0. The average Bonchev–Trinajstić information content (AvgIpc) is 3.08. The first-order valence-corrected chi connectivity index (χ1v) is 9.10. The largest absolute Gasteiger partial charge is 0.307 e. The highest BCUT2D eigenvalue weighted by Gasteiger charge is 2.39. The first-order chi connectivity index (χ1) is 10.3. The zero-order valence-electron chi connectivity index (χ0n) is 12.6. The number of nitrogens with one attached hydrogen (secondary N) is 1. The van der Waals surface area contributed by atoms with Gasteiger partial charge < -0.3 is 5.32 Å². The quantitative estimate of drug-likeness (QED) is 0.873. The summed E-state index contributed by atoms with van der Waals surface area (Å²) in [5.74, 6) is 1.64.